The zero-order valence-corrected chi connectivity index (χ0v) is 10.2. The van der Waals surface area contributed by atoms with E-state index in [1.807, 2.05) is 0 Å². The van der Waals surface area contributed by atoms with Crippen molar-refractivity contribution in [3.05, 3.63) is 65.2 Å². The normalized spacial score (nSPS) is 10.4. The lowest BCUT2D eigenvalue weighted by Crippen LogP contribution is -2.08. The summed E-state index contributed by atoms with van der Waals surface area (Å²) in [4.78, 5) is 11.8. The fourth-order valence-electron chi connectivity index (χ4n) is 1.89. The van der Waals surface area contributed by atoms with E-state index < -0.39 is 11.6 Å². The molecule has 0 fully saturated rings. The molecule has 0 spiro atoms. The van der Waals surface area contributed by atoms with Crippen LogP contribution in [0.5, 0.6) is 0 Å². The molecule has 0 radical (unpaired) electrons. The van der Waals surface area contributed by atoms with Crippen molar-refractivity contribution in [1.82, 2.24) is 0 Å². The van der Waals surface area contributed by atoms with Gasteiger partial charge in [-0.25, -0.2) is 8.78 Å². The maximum Gasteiger partial charge on any atom is 0.162 e. The third-order valence-corrected chi connectivity index (χ3v) is 2.77. The minimum absolute atomic E-state index is 0.0777. The van der Waals surface area contributed by atoms with Gasteiger partial charge in [-0.3, -0.25) is 4.79 Å². The number of carbonyl (C=O) groups is 1. The van der Waals surface area contributed by atoms with Crippen LogP contribution in [-0.2, 0) is 17.6 Å². The second kappa shape index (κ2) is 5.61. The Bertz CT molecular complexity index is 611. The number of Topliss-reactive ketones (excluding diaryl/α,β-unsaturated/α-hetero) is 1. The number of carbonyl (C=O) groups excluding carboxylic acids is 1. The van der Waals surface area contributed by atoms with Crippen LogP contribution in [-0.4, -0.2) is 5.78 Å². The summed E-state index contributed by atoms with van der Waals surface area (Å²) in [5, 5.41) is 0. The molecular weight excluding hydrogens is 248 g/mol. The van der Waals surface area contributed by atoms with Crippen molar-refractivity contribution in [2.24, 2.45) is 0 Å². The number of rotatable bonds is 4. The van der Waals surface area contributed by atoms with Gasteiger partial charge in [-0.05, 0) is 29.3 Å². The summed E-state index contributed by atoms with van der Waals surface area (Å²) in [5.74, 6) is -2.08. The third kappa shape index (κ3) is 3.37. The number of anilines is 1. The summed E-state index contributed by atoms with van der Waals surface area (Å²) in [6.07, 6.45) is 0.0272. The third-order valence-electron chi connectivity index (χ3n) is 2.77. The summed E-state index contributed by atoms with van der Waals surface area (Å²) >= 11 is 0. The molecule has 0 amide bonds. The van der Waals surface area contributed by atoms with Gasteiger partial charge in [0.1, 0.15) is 5.78 Å². The van der Waals surface area contributed by atoms with Crippen LogP contribution < -0.4 is 5.73 Å². The van der Waals surface area contributed by atoms with E-state index in [9.17, 15) is 13.6 Å². The SMILES string of the molecule is Nc1cccc(CC(=O)Cc2cccc(F)c2F)c1. The number of ketones is 1. The molecule has 2 nitrogen and oxygen atoms in total. The van der Waals surface area contributed by atoms with E-state index in [-0.39, 0.29) is 24.2 Å². The Balaban J connectivity index is 2.08. The van der Waals surface area contributed by atoms with Crippen LogP contribution in [0.2, 0.25) is 0 Å². The molecule has 2 aromatic rings. The predicted molar refractivity (Wildman–Crippen MR) is 69.6 cm³/mol. The van der Waals surface area contributed by atoms with Crippen LogP contribution in [0.4, 0.5) is 14.5 Å². The van der Waals surface area contributed by atoms with Gasteiger partial charge in [0, 0.05) is 18.5 Å². The van der Waals surface area contributed by atoms with Crippen LogP contribution in [0.3, 0.4) is 0 Å². The molecule has 0 saturated carbocycles. The van der Waals surface area contributed by atoms with Crippen molar-refractivity contribution in [3.63, 3.8) is 0 Å². The Kier molecular flexibility index (Phi) is 3.90. The number of hydrogen-bond acceptors (Lipinski definition) is 2. The van der Waals surface area contributed by atoms with Gasteiger partial charge in [0.2, 0.25) is 0 Å². The Labute approximate surface area is 109 Å². The molecule has 0 bridgehead atoms. The number of nitrogen functional groups attached to an aromatic ring is 1. The van der Waals surface area contributed by atoms with Crippen molar-refractivity contribution < 1.29 is 13.6 Å². The number of benzene rings is 2. The summed E-state index contributed by atoms with van der Waals surface area (Å²) in [7, 11) is 0. The van der Waals surface area contributed by atoms with Gasteiger partial charge in [-0.1, -0.05) is 24.3 Å². The average molecular weight is 261 g/mol. The van der Waals surface area contributed by atoms with Crippen molar-refractivity contribution in [3.8, 4) is 0 Å². The maximum absolute atomic E-state index is 13.4. The van der Waals surface area contributed by atoms with Gasteiger partial charge in [0.15, 0.2) is 11.6 Å². The van der Waals surface area contributed by atoms with Gasteiger partial charge in [-0.15, -0.1) is 0 Å². The highest BCUT2D eigenvalue weighted by Gasteiger charge is 2.12. The highest BCUT2D eigenvalue weighted by Crippen LogP contribution is 2.14. The highest BCUT2D eigenvalue weighted by atomic mass is 19.2. The lowest BCUT2D eigenvalue weighted by molar-refractivity contribution is -0.117. The minimum atomic E-state index is -0.955. The zero-order chi connectivity index (χ0) is 13.8. The molecule has 0 aromatic heterocycles. The largest absolute Gasteiger partial charge is 0.399 e. The summed E-state index contributed by atoms with van der Waals surface area (Å²) < 4.78 is 26.4. The van der Waals surface area contributed by atoms with Crippen LogP contribution in [0, 0.1) is 11.6 Å². The van der Waals surface area contributed by atoms with E-state index in [1.54, 1.807) is 24.3 Å². The molecule has 19 heavy (non-hydrogen) atoms. The summed E-state index contributed by atoms with van der Waals surface area (Å²) in [6.45, 7) is 0. The average Bonchev–Trinajstić information content (AvgIpc) is 2.35. The standard InChI is InChI=1S/C15H13F2NO/c16-14-6-2-4-11(15(14)17)9-13(19)8-10-3-1-5-12(18)7-10/h1-7H,8-9,18H2. The second-order valence-corrected chi connectivity index (χ2v) is 4.35. The van der Waals surface area contributed by atoms with E-state index >= 15 is 0 Å². The van der Waals surface area contributed by atoms with E-state index in [4.69, 9.17) is 5.73 Å². The quantitative estimate of drug-likeness (QED) is 0.860. The lowest BCUT2D eigenvalue weighted by atomic mass is 10.0. The Morgan fingerprint density at radius 1 is 1.05 bits per heavy atom. The van der Waals surface area contributed by atoms with Crippen molar-refractivity contribution >= 4 is 11.5 Å². The molecule has 2 rings (SSSR count). The van der Waals surface area contributed by atoms with Crippen LogP contribution in [0.15, 0.2) is 42.5 Å². The number of hydrogen-bond donors (Lipinski definition) is 1. The molecule has 0 aliphatic heterocycles. The molecule has 0 saturated heterocycles. The topological polar surface area (TPSA) is 43.1 Å². The molecule has 2 aromatic carbocycles. The molecule has 0 heterocycles. The first kappa shape index (κ1) is 13.2. The fourth-order valence-corrected chi connectivity index (χ4v) is 1.89. The Morgan fingerprint density at radius 3 is 2.53 bits per heavy atom. The molecule has 0 aliphatic rings. The molecule has 0 atom stereocenters. The van der Waals surface area contributed by atoms with Crippen molar-refractivity contribution in [1.29, 1.82) is 0 Å². The van der Waals surface area contributed by atoms with Crippen molar-refractivity contribution in [2.75, 3.05) is 5.73 Å². The lowest BCUT2D eigenvalue weighted by Gasteiger charge is -2.04. The molecule has 2 N–H and O–H groups in total. The van der Waals surface area contributed by atoms with Gasteiger partial charge in [-0.2, -0.15) is 0 Å². The Morgan fingerprint density at radius 2 is 1.79 bits per heavy atom. The molecular formula is C15H13F2NO. The number of halogens is 2. The first-order valence-electron chi connectivity index (χ1n) is 5.85. The predicted octanol–water partition coefficient (Wildman–Crippen LogP) is 2.90. The smallest absolute Gasteiger partial charge is 0.162 e. The van der Waals surface area contributed by atoms with E-state index in [0.29, 0.717) is 5.69 Å². The van der Waals surface area contributed by atoms with E-state index in [1.165, 1.54) is 12.1 Å². The fraction of sp³-hybridized carbons (Fsp3) is 0.133. The highest BCUT2D eigenvalue weighted by molar-refractivity contribution is 5.83. The first-order valence-corrected chi connectivity index (χ1v) is 5.85. The van der Waals surface area contributed by atoms with E-state index in [2.05, 4.69) is 0 Å². The van der Waals surface area contributed by atoms with Gasteiger partial charge < -0.3 is 5.73 Å². The zero-order valence-electron chi connectivity index (χ0n) is 10.2. The molecule has 4 heteroatoms. The minimum Gasteiger partial charge on any atom is -0.399 e. The van der Waals surface area contributed by atoms with Crippen LogP contribution >= 0.6 is 0 Å². The maximum atomic E-state index is 13.4. The van der Waals surface area contributed by atoms with Crippen LogP contribution in [0.1, 0.15) is 11.1 Å². The Hall–Kier alpha value is -2.23. The van der Waals surface area contributed by atoms with E-state index in [0.717, 1.165) is 11.6 Å². The summed E-state index contributed by atoms with van der Waals surface area (Å²) in [5.41, 5.74) is 7.02. The van der Waals surface area contributed by atoms with Crippen molar-refractivity contribution in [2.45, 2.75) is 12.8 Å². The van der Waals surface area contributed by atoms with Crippen LogP contribution in [0.25, 0.3) is 0 Å². The van der Waals surface area contributed by atoms with Gasteiger partial charge in [0.25, 0.3) is 0 Å². The van der Waals surface area contributed by atoms with Gasteiger partial charge >= 0.3 is 0 Å². The second-order valence-electron chi connectivity index (χ2n) is 4.35. The molecule has 98 valence electrons. The first-order chi connectivity index (χ1) is 9.06. The molecule has 0 unspecified atom stereocenters. The molecule has 0 aliphatic carbocycles. The summed E-state index contributed by atoms with van der Waals surface area (Å²) in [6, 6.07) is 10.8. The monoisotopic (exact) mass is 261 g/mol. The van der Waals surface area contributed by atoms with Gasteiger partial charge in [0.05, 0.1) is 0 Å². The number of nitrogens with two attached hydrogens (primary N) is 1.